The molecule has 1 amide bonds. The van der Waals surface area contributed by atoms with Crippen molar-refractivity contribution < 1.29 is 18.3 Å². The third-order valence-corrected chi connectivity index (χ3v) is 3.12. The molecule has 0 radical (unpaired) electrons. The Balaban J connectivity index is 2.11. The van der Waals surface area contributed by atoms with Crippen molar-refractivity contribution in [2.45, 2.75) is 26.1 Å². The summed E-state index contributed by atoms with van der Waals surface area (Å²) in [4.78, 5) is 13.3. The zero-order valence-corrected chi connectivity index (χ0v) is 11.5. The topological polar surface area (TPSA) is 41.6 Å². The van der Waals surface area contributed by atoms with Crippen molar-refractivity contribution in [2.75, 3.05) is 19.7 Å². The van der Waals surface area contributed by atoms with Gasteiger partial charge in [-0.2, -0.15) is 0 Å². The summed E-state index contributed by atoms with van der Waals surface area (Å²) in [6.45, 7) is 4.70. The minimum atomic E-state index is -0.660. The molecule has 4 nitrogen and oxygen atoms in total. The summed E-state index contributed by atoms with van der Waals surface area (Å²) in [5.74, 6) is -1.41. The maximum atomic E-state index is 13.8. The lowest BCUT2D eigenvalue weighted by atomic mass is 10.1. The second-order valence-corrected chi connectivity index (χ2v) is 4.96. The van der Waals surface area contributed by atoms with E-state index in [0.717, 1.165) is 6.07 Å². The monoisotopic (exact) mass is 284 g/mol. The van der Waals surface area contributed by atoms with E-state index in [4.69, 9.17) is 4.74 Å². The number of carbonyl (C=O) groups is 1. The van der Waals surface area contributed by atoms with Crippen molar-refractivity contribution in [1.82, 2.24) is 10.2 Å². The highest BCUT2D eigenvalue weighted by Crippen LogP contribution is 2.25. The van der Waals surface area contributed by atoms with Gasteiger partial charge in [0.25, 0.3) is 0 Å². The molecule has 1 unspecified atom stereocenters. The van der Waals surface area contributed by atoms with E-state index in [1.807, 2.05) is 13.8 Å². The summed E-state index contributed by atoms with van der Waals surface area (Å²) in [5, 5.41) is 2.93. The van der Waals surface area contributed by atoms with Crippen LogP contribution < -0.4 is 5.32 Å². The molecule has 2 rings (SSSR count). The van der Waals surface area contributed by atoms with Crippen molar-refractivity contribution in [3.05, 3.63) is 35.4 Å². The number of nitrogens with zero attached hydrogens (tertiary/aromatic N) is 1. The van der Waals surface area contributed by atoms with Crippen LogP contribution >= 0.6 is 0 Å². The smallest absolute Gasteiger partial charge is 0.238 e. The summed E-state index contributed by atoms with van der Waals surface area (Å²) < 4.78 is 32.2. The van der Waals surface area contributed by atoms with Gasteiger partial charge in [0.15, 0.2) is 0 Å². The van der Waals surface area contributed by atoms with Gasteiger partial charge in [-0.15, -0.1) is 0 Å². The Kier molecular flexibility index (Phi) is 4.67. The highest BCUT2D eigenvalue weighted by molar-refractivity contribution is 5.80. The average molecular weight is 284 g/mol. The predicted molar refractivity (Wildman–Crippen MR) is 69.9 cm³/mol. The SMILES string of the molecule is CC(C)OCCN1C(=O)CNC1c1ccc(F)cc1F. The molecule has 1 atom stereocenters. The Bertz CT molecular complexity index is 494. The van der Waals surface area contributed by atoms with E-state index in [1.165, 1.54) is 17.0 Å². The molecular formula is C14H18F2N2O2. The van der Waals surface area contributed by atoms with Crippen molar-refractivity contribution in [3.8, 4) is 0 Å². The molecule has 0 spiro atoms. The van der Waals surface area contributed by atoms with Crippen LogP contribution in [0.1, 0.15) is 25.6 Å². The lowest BCUT2D eigenvalue weighted by Gasteiger charge is -2.25. The number of ether oxygens (including phenoxy) is 1. The lowest BCUT2D eigenvalue weighted by Crippen LogP contribution is -2.34. The highest BCUT2D eigenvalue weighted by atomic mass is 19.1. The van der Waals surface area contributed by atoms with Gasteiger partial charge in [0.1, 0.15) is 17.8 Å². The number of hydrogen-bond acceptors (Lipinski definition) is 3. The van der Waals surface area contributed by atoms with Gasteiger partial charge in [0.05, 0.1) is 19.3 Å². The average Bonchev–Trinajstić information content (AvgIpc) is 2.71. The molecule has 1 heterocycles. The quantitative estimate of drug-likeness (QED) is 0.896. The molecule has 1 fully saturated rings. The summed E-state index contributed by atoms with van der Waals surface area (Å²) in [6, 6.07) is 3.37. The number of carbonyl (C=O) groups excluding carboxylic acids is 1. The van der Waals surface area contributed by atoms with Gasteiger partial charge < -0.3 is 9.64 Å². The Morgan fingerprint density at radius 3 is 2.85 bits per heavy atom. The molecule has 1 N–H and O–H groups in total. The second kappa shape index (κ2) is 6.28. The van der Waals surface area contributed by atoms with Crippen LogP contribution in [0.15, 0.2) is 18.2 Å². The number of halogens is 2. The van der Waals surface area contributed by atoms with E-state index in [0.29, 0.717) is 13.2 Å². The summed E-state index contributed by atoms with van der Waals surface area (Å²) >= 11 is 0. The number of rotatable bonds is 5. The molecule has 0 bridgehead atoms. The Hall–Kier alpha value is -1.53. The standard InChI is InChI=1S/C14H18F2N2O2/c1-9(2)20-6-5-18-13(19)8-17-14(18)11-4-3-10(15)7-12(11)16/h3-4,7,9,14,17H,5-6,8H2,1-2H3. The molecule has 1 aromatic carbocycles. The van der Waals surface area contributed by atoms with Crippen LogP contribution in [0.2, 0.25) is 0 Å². The Morgan fingerprint density at radius 2 is 2.20 bits per heavy atom. The predicted octanol–water partition coefficient (Wildman–Crippen LogP) is 1.82. The highest BCUT2D eigenvalue weighted by Gasteiger charge is 2.32. The van der Waals surface area contributed by atoms with E-state index >= 15 is 0 Å². The normalized spacial score (nSPS) is 19.1. The van der Waals surface area contributed by atoms with E-state index in [-0.39, 0.29) is 24.1 Å². The van der Waals surface area contributed by atoms with Crippen LogP contribution in [0, 0.1) is 11.6 Å². The summed E-state index contributed by atoms with van der Waals surface area (Å²) in [5.41, 5.74) is 0.266. The largest absolute Gasteiger partial charge is 0.377 e. The molecule has 110 valence electrons. The molecule has 1 saturated heterocycles. The third kappa shape index (κ3) is 3.32. The maximum absolute atomic E-state index is 13.8. The minimum absolute atomic E-state index is 0.0710. The molecule has 0 aromatic heterocycles. The minimum Gasteiger partial charge on any atom is -0.377 e. The maximum Gasteiger partial charge on any atom is 0.238 e. The first-order chi connectivity index (χ1) is 9.49. The molecule has 0 saturated carbocycles. The first-order valence-corrected chi connectivity index (χ1v) is 6.58. The van der Waals surface area contributed by atoms with Crippen molar-refractivity contribution >= 4 is 5.91 Å². The third-order valence-electron chi connectivity index (χ3n) is 3.12. The van der Waals surface area contributed by atoms with Gasteiger partial charge in [-0.1, -0.05) is 0 Å². The fourth-order valence-corrected chi connectivity index (χ4v) is 2.18. The van der Waals surface area contributed by atoms with Crippen molar-refractivity contribution in [1.29, 1.82) is 0 Å². The van der Waals surface area contributed by atoms with Gasteiger partial charge >= 0.3 is 0 Å². The fraction of sp³-hybridized carbons (Fsp3) is 0.500. The summed E-state index contributed by atoms with van der Waals surface area (Å²) in [6.07, 6.45) is -0.500. The molecule has 6 heteroatoms. The van der Waals surface area contributed by atoms with E-state index < -0.39 is 17.8 Å². The number of nitrogens with one attached hydrogen (secondary N) is 1. The Morgan fingerprint density at radius 1 is 1.45 bits per heavy atom. The zero-order chi connectivity index (χ0) is 14.7. The number of hydrogen-bond donors (Lipinski definition) is 1. The van der Waals surface area contributed by atoms with Crippen molar-refractivity contribution in [2.24, 2.45) is 0 Å². The van der Waals surface area contributed by atoms with E-state index in [1.54, 1.807) is 0 Å². The van der Waals surface area contributed by atoms with E-state index in [2.05, 4.69) is 5.32 Å². The van der Waals surface area contributed by atoms with Crippen LogP contribution in [0.3, 0.4) is 0 Å². The van der Waals surface area contributed by atoms with Gasteiger partial charge in [0.2, 0.25) is 5.91 Å². The first kappa shape index (κ1) is 14.9. The van der Waals surface area contributed by atoms with Gasteiger partial charge in [0, 0.05) is 18.2 Å². The van der Waals surface area contributed by atoms with Crippen LogP contribution in [0.4, 0.5) is 8.78 Å². The van der Waals surface area contributed by atoms with Gasteiger partial charge in [-0.05, 0) is 26.0 Å². The van der Waals surface area contributed by atoms with Gasteiger partial charge in [-0.25, -0.2) is 8.78 Å². The molecule has 1 aliphatic heterocycles. The second-order valence-electron chi connectivity index (χ2n) is 4.96. The lowest BCUT2D eigenvalue weighted by molar-refractivity contribution is -0.129. The number of benzene rings is 1. The Labute approximate surface area is 116 Å². The van der Waals surface area contributed by atoms with Crippen LogP contribution in [0.25, 0.3) is 0 Å². The molecule has 1 aromatic rings. The van der Waals surface area contributed by atoms with Crippen molar-refractivity contribution in [3.63, 3.8) is 0 Å². The molecule has 20 heavy (non-hydrogen) atoms. The van der Waals surface area contributed by atoms with Crippen LogP contribution in [-0.4, -0.2) is 36.6 Å². The molecule has 0 aliphatic carbocycles. The van der Waals surface area contributed by atoms with E-state index in [9.17, 15) is 13.6 Å². The fourth-order valence-electron chi connectivity index (χ4n) is 2.18. The van der Waals surface area contributed by atoms with Gasteiger partial charge in [-0.3, -0.25) is 10.1 Å². The van der Waals surface area contributed by atoms with Crippen LogP contribution in [-0.2, 0) is 9.53 Å². The molecule has 1 aliphatic rings. The summed E-state index contributed by atoms with van der Waals surface area (Å²) in [7, 11) is 0. The molecular weight excluding hydrogens is 266 g/mol. The first-order valence-electron chi connectivity index (χ1n) is 6.58. The number of amides is 1. The zero-order valence-electron chi connectivity index (χ0n) is 11.5. The van der Waals surface area contributed by atoms with Crippen LogP contribution in [0.5, 0.6) is 0 Å².